The number of rotatable bonds is 12. The lowest BCUT2D eigenvalue weighted by Gasteiger charge is -2.32. The van der Waals surface area contributed by atoms with Gasteiger partial charge >= 0.3 is 0 Å². The number of benzene rings is 4. The fourth-order valence-corrected chi connectivity index (χ4v) is 7.93. The van der Waals surface area contributed by atoms with Crippen molar-refractivity contribution in [2.45, 2.75) is 50.2 Å². The Labute approximate surface area is 288 Å². The van der Waals surface area contributed by atoms with Gasteiger partial charge in [-0.1, -0.05) is 55.3 Å². The van der Waals surface area contributed by atoms with Gasteiger partial charge in [0.1, 0.15) is 11.5 Å². The Morgan fingerprint density at radius 3 is 2.38 bits per heavy atom. The molecule has 0 amide bonds. The first-order valence-electron chi connectivity index (χ1n) is 16.2. The second-order valence-electron chi connectivity index (χ2n) is 12.2. The maximum atomic E-state index is 14.6. The van der Waals surface area contributed by atoms with Gasteiger partial charge in [0.2, 0.25) is 10.0 Å². The number of nitrogens with zero attached hydrogens (tertiary/aromatic N) is 4. The number of unbranched alkanes of at least 4 members (excludes halogenated alkanes) is 1. The Hall–Kier alpha value is -4.31. The van der Waals surface area contributed by atoms with Crippen molar-refractivity contribution in [3.05, 3.63) is 125 Å². The van der Waals surface area contributed by atoms with E-state index in [1.54, 1.807) is 42.0 Å². The highest BCUT2D eigenvalue weighted by Gasteiger charge is 2.37. The summed E-state index contributed by atoms with van der Waals surface area (Å²) in [5, 5.41) is 0.644. The number of halogens is 1. The van der Waals surface area contributed by atoms with Gasteiger partial charge in [-0.15, -0.1) is 0 Å². The van der Waals surface area contributed by atoms with Crippen LogP contribution in [0, 0.1) is 0 Å². The van der Waals surface area contributed by atoms with E-state index in [9.17, 15) is 8.42 Å². The highest BCUT2D eigenvalue weighted by molar-refractivity contribution is 7.89. The molecule has 48 heavy (non-hydrogen) atoms. The van der Waals surface area contributed by atoms with Crippen LogP contribution in [-0.2, 0) is 36.6 Å². The fourth-order valence-electron chi connectivity index (χ4n) is 6.15. The minimum absolute atomic E-state index is 0.197. The molecule has 2 heterocycles. The molecule has 1 aliphatic rings. The average Bonchev–Trinajstić information content (AvgIpc) is 3.43. The number of methoxy groups -OCH3 is 1. The van der Waals surface area contributed by atoms with E-state index in [1.807, 2.05) is 66.3 Å². The molecule has 0 fully saturated rings. The summed E-state index contributed by atoms with van der Waals surface area (Å²) in [5.74, 6) is 1.41. The third-order valence-electron chi connectivity index (χ3n) is 8.84. The van der Waals surface area contributed by atoms with Crippen molar-refractivity contribution >= 4 is 27.3 Å². The number of imidazole rings is 1. The largest absolute Gasteiger partial charge is 0.497 e. The van der Waals surface area contributed by atoms with Crippen LogP contribution in [0.25, 0.3) is 11.1 Å². The Morgan fingerprint density at radius 2 is 1.69 bits per heavy atom. The normalized spacial score (nSPS) is 15.2. The minimum Gasteiger partial charge on any atom is -0.497 e. The lowest BCUT2D eigenvalue weighted by molar-refractivity contribution is 0.308. The van der Waals surface area contributed by atoms with E-state index in [0.717, 1.165) is 52.2 Å². The predicted octanol–water partition coefficient (Wildman–Crippen LogP) is 7.75. The summed E-state index contributed by atoms with van der Waals surface area (Å²) in [5.41, 5.74) is 5.89. The monoisotopic (exact) mass is 684 g/mol. The summed E-state index contributed by atoms with van der Waals surface area (Å²) in [4.78, 5) is 6.86. The van der Waals surface area contributed by atoms with Gasteiger partial charge in [0.15, 0.2) is 0 Å². The molecule has 6 rings (SSSR count). The lowest BCUT2D eigenvalue weighted by Crippen LogP contribution is -2.45. The van der Waals surface area contributed by atoms with Gasteiger partial charge in [-0.25, -0.2) is 13.4 Å². The van der Waals surface area contributed by atoms with Gasteiger partial charge in [0.25, 0.3) is 0 Å². The highest BCUT2D eigenvalue weighted by Crippen LogP contribution is 2.36. The van der Waals surface area contributed by atoms with Gasteiger partial charge in [-0.05, 0) is 95.8 Å². The number of sulfonamides is 1. The van der Waals surface area contributed by atoms with Crippen LogP contribution in [0.1, 0.15) is 36.6 Å². The summed E-state index contributed by atoms with van der Waals surface area (Å²) in [6.45, 7) is 4.04. The van der Waals surface area contributed by atoms with Gasteiger partial charge in [-0.3, -0.25) is 0 Å². The molecule has 1 aromatic heterocycles. The molecule has 250 valence electrons. The second kappa shape index (κ2) is 14.8. The number of hydrogen-bond acceptors (Lipinski definition) is 6. The van der Waals surface area contributed by atoms with E-state index >= 15 is 0 Å². The van der Waals surface area contributed by atoms with Crippen molar-refractivity contribution in [3.63, 3.8) is 0 Å². The SMILES string of the molecule is CCCCOc1ccc(C[C@@H]2CN(Cc3cncn3C)c3ccc(-c4cccc(Cl)c4)cc3CN2S(=O)(=O)c2ccc(OC)cc2)cc1. The molecule has 1 aliphatic heterocycles. The van der Waals surface area contributed by atoms with E-state index in [-0.39, 0.29) is 17.5 Å². The number of aryl methyl sites for hydroxylation is 1. The number of aromatic nitrogens is 2. The summed E-state index contributed by atoms with van der Waals surface area (Å²) < 4.78 is 44.2. The minimum atomic E-state index is -3.94. The molecule has 0 aliphatic carbocycles. The Morgan fingerprint density at radius 1 is 0.938 bits per heavy atom. The van der Waals surface area contributed by atoms with E-state index < -0.39 is 10.0 Å². The van der Waals surface area contributed by atoms with Gasteiger partial charge in [-0.2, -0.15) is 4.31 Å². The van der Waals surface area contributed by atoms with Crippen LogP contribution in [0.2, 0.25) is 5.02 Å². The Balaban J connectivity index is 1.43. The highest BCUT2D eigenvalue weighted by atomic mass is 35.5. The molecule has 10 heteroatoms. The van der Waals surface area contributed by atoms with E-state index in [0.29, 0.717) is 36.9 Å². The molecular formula is C38H41ClN4O4S. The zero-order valence-electron chi connectivity index (χ0n) is 27.6. The molecule has 5 aromatic rings. The number of fused-ring (bicyclic) bond motifs is 1. The first-order chi connectivity index (χ1) is 23.2. The third kappa shape index (κ3) is 7.54. The second-order valence-corrected chi connectivity index (χ2v) is 14.5. The predicted molar refractivity (Wildman–Crippen MR) is 191 cm³/mol. The molecule has 8 nitrogen and oxygen atoms in total. The molecule has 0 bridgehead atoms. The van der Waals surface area contributed by atoms with Crippen LogP contribution in [0.5, 0.6) is 11.5 Å². The van der Waals surface area contributed by atoms with E-state index in [4.69, 9.17) is 21.1 Å². The molecule has 1 atom stereocenters. The Bertz CT molecular complexity index is 1940. The molecule has 0 saturated carbocycles. The lowest BCUT2D eigenvalue weighted by atomic mass is 10.0. The molecule has 0 spiro atoms. The smallest absolute Gasteiger partial charge is 0.243 e. The first kappa shape index (κ1) is 33.6. The third-order valence-corrected chi connectivity index (χ3v) is 11.0. The first-order valence-corrected chi connectivity index (χ1v) is 18.0. The van der Waals surface area contributed by atoms with Crippen molar-refractivity contribution in [1.82, 2.24) is 13.9 Å². The van der Waals surface area contributed by atoms with Crippen LogP contribution in [0.15, 0.2) is 108 Å². The van der Waals surface area contributed by atoms with Crippen LogP contribution < -0.4 is 14.4 Å². The number of anilines is 1. The van der Waals surface area contributed by atoms with Crippen molar-refractivity contribution in [1.29, 1.82) is 0 Å². The standard InChI is InChI=1S/C38H41ClN4O4S/c1-4-5-19-47-36-12-9-28(10-13-36)20-33-25-42(26-34-23-40-27-41(34)2)38-18-11-30(29-7-6-8-32(39)22-29)21-31(38)24-43(33)48(44,45)37-16-14-35(46-3)15-17-37/h6-18,21-23,27,33H,4-5,19-20,24-26H2,1-3H3/t33-/m1/s1. The van der Waals surface area contributed by atoms with Gasteiger partial charge in [0.05, 0.1) is 37.2 Å². The Kier molecular flexibility index (Phi) is 10.4. The summed E-state index contributed by atoms with van der Waals surface area (Å²) >= 11 is 6.37. The van der Waals surface area contributed by atoms with Crippen molar-refractivity contribution in [3.8, 4) is 22.6 Å². The van der Waals surface area contributed by atoms with E-state index in [2.05, 4.69) is 35.0 Å². The summed E-state index contributed by atoms with van der Waals surface area (Å²) in [7, 11) is -0.389. The number of hydrogen-bond donors (Lipinski definition) is 0. The maximum Gasteiger partial charge on any atom is 0.243 e. The zero-order chi connectivity index (χ0) is 33.7. The van der Waals surface area contributed by atoms with Crippen LogP contribution in [0.3, 0.4) is 0 Å². The maximum absolute atomic E-state index is 14.6. The van der Waals surface area contributed by atoms with E-state index in [1.165, 1.54) is 0 Å². The molecule has 0 N–H and O–H groups in total. The number of ether oxygens (including phenoxy) is 2. The quantitative estimate of drug-likeness (QED) is 0.125. The molecule has 4 aromatic carbocycles. The zero-order valence-corrected chi connectivity index (χ0v) is 29.1. The topological polar surface area (TPSA) is 76.9 Å². The summed E-state index contributed by atoms with van der Waals surface area (Å²) in [6.07, 6.45) is 6.23. The molecular weight excluding hydrogens is 644 g/mol. The summed E-state index contributed by atoms with van der Waals surface area (Å²) in [6, 6.07) is 28.3. The van der Waals surface area contributed by atoms with Gasteiger partial charge < -0.3 is 18.9 Å². The van der Waals surface area contributed by atoms with Crippen LogP contribution >= 0.6 is 11.6 Å². The average molecular weight is 685 g/mol. The molecule has 0 saturated heterocycles. The molecule has 0 unspecified atom stereocenters. The van der Waals surface area contributed by atoms with Crippen LogP contribution in [0.4, 0.5) is 5.69 Å². The van der Waals surface area contributed by atoms with Gasteiger partial charge in [0, 0.05) is 43.1 Å². The van der Waals surface area contributed by atoms with Crippen molar-refractivity contribution in [2.75, 3.05) is 25.2 Å². The fraction of sp³-hybridized carbons (Fsp3) is 0.289. The van der Waals surface area contributed by atoms with Crippen molar-refractivity contribution < 1.29 is 17.9 Å². The molecule has 0 radical (unpaired) electrons. The van der Waals surface area contributed by atoms with Crippen LogP contribution in [-0.4, -0.2) is 48.6 Å². The van der Waals surface area contributed by atoms with Crippen molar-refractivity contribution in [2.24, 2.45) is 7.05 Å².